The molecule has 0 radical (unpaired) electrons. The van der Waals surface area contributed by atoms with Crippen molar-refractivity contribution in [2.24, 2.45) is 5.92 Å². The molecule has 4 nitrogen and oxygen atoms in total. The molecule has 8 heteroatoms. The van der Waals surface area contributed by atoms with Crippen LogP contribution in [0.1, 0.15) is 19.8 Å². The van der Waals surface area contributed by atoms with Crippen LogP contribution in [-0.4, -0.2) is 31.3 Å². The van der Waals surface area contributed by atoms with Gasteiger partial charge in [-0.05, 0) is 38.4 Å². The minimum atomic E-state index is -4.51. The molecule has 0 aliphatic carbocycles. The number of alkyl halides is 3. The maximum absolute atomic E-state index is 13.3. The SMILES string of the molecule is C[C@H]1C[C@@H](C(=O)Nc2cc(F)ccc2OCC(F)(F)F)CCN1. The molecule has 0 spiro atoms. The molecule has 1 aliphatic rings. The van der Waals surface area contributed by atoms with Crippen molar-refractivity contribution < 1.29 is 27.1 Å². The fourth-order valence-electron chi connectivity index (χ4n) is 2.49. The van der Waals surface area contributed by atoms with Crippen molar-refractivity contribution in [3.8, 4) is 5.75 Å². The zero-order valence-corrected chi connectivity index (χ0v) is 12.5. The smallest absolute Gasteiger partial charge is 0.422 e. The van der Waals surface area contributed by atoms with Crippen LogP contribution in [0.25, 0.3) is 0 Å². The van der Waals surface area contributed by atoms with E-state index in [0.717, 1.165) is 18.2 Å². The molecule has 2 atom stereocenters. The summed E-state index contributed by atoms with van der Waals surface area (Å²) >= 11 is 0. The van der Waals surface area contributed by atoms with Crippen molar-refractivity contribution >= 4 is 11.6 Å². The topological polar surface area (TPSA) is 50.4 Å². The first-order chi connectivity index (χ1) is 10.7. The maximum atomic E-state index is 13.3. The molecule has 1 saturated heterocycles. The van der Waals surface area contributed by atoms with Crippen molar-refractivity contribution in [3.63, 3.8) is 0 Å². The summed E-state index contributed by atoms with van der Waals surface area (Å²) in [5.41, 5.74) is -0.0922. The van der Waals surface area contributed by atoms with E-state index in [1.807, 2.05) is 6.92 Å². The predicted molar refractivity (Wildman–Crippen MR) is 76.8 cm³/mol. The van der Waals surface area contributed by atoms with Gasteiger partial charge in [-0.3, -0.25) is 4.79 Å². The molecule has 1 heterocycles. The highest BCUT2D eigenvalue weighted by Crippen LogP contribution is 2.29. The summed E-state index contributed by atoms with van der Waals surface area (Å²) in [6.07, 6.45) is -3.29. The van der Waals surface area contributed by atoms with Gasteiger partial charge in [0, 0.05) is 18.0 Å². The van der Waals surface area contributed by atoms with Gasteiger partial charge in [0.05, 0.1) is 5.69 Å². The van der Waals surface area contributed by atoms with Crippen LogP contribution in [0.5, 0.6) is 5.75 Å². The first-order valence-corrected chi connectivity index (χ1v) is 7.28. The second-order valence-electron chi connectivity index (χ2n) is 5.61. The monoisotopic (exact) mass is 334 g/mol. The van der Waals surface area contributed by atoms with Crippen molar-refractivity contribution in [3.05, 3.63) is 24.0 Å². The Hall–Kier alpha value is -1.83. The van der Waals surface area contributed by atoms with Crippen molar-refractivity contribution in [2.75, 3.05) is 18.5 Å². The lowest BCUT2D eigenvalue weighted by Crippen LogP contribution is -2.40. The molecular formula is C15H18F4N2O2. The van der Waals surface area contributed by atoms with E-state index in [2.05, 4.69) is 15.4 Å². The average molecular weight is 334 g/mol. The van der Waals surface area contributed by atoms with Crippen molar-refractivity contribution in [1.29, 1.82) is 0 Å². The Kier molecular flexibility index (Phi) is 5.46. The van der Waals surface area contributed by atoms with Crippen LogP contribution in [0.15, 0.2) is 18.2 Å². The number of hydrogen-bond donors (Lipinski definition) is 2. The summed E-state index contributed by atoms with van der Waals surface area (Å²) in [4.78, 5) is 12.2. The number of carbonyl (C=O) groups excluding carboxylic acids is 1. The van der Waals surface area contributed by atoms with Gasteiger partial charge in [0.1, 0.15) is 11.6 Å². The molecule has 1 aliphatic heterocycles. The van der Waals surface area contributed by atoms with Gasteiger partial charge in [-0.15, -0.1) is 0 Å². The molecule has 0 unspecified atom stereocenters. The minimum absolute atomic E-state index is 0.0922. The van der Waals surface area contributed by atoms with Gasteiger partial charge in [0.25, 0.3) is 0 Å². The zero-order chi connectivity index (χ0) is 17.0. The van der Waals surface area contributed by atoms with Crippen molar-refractivity contribution in [1.82, 2.24) is 5.32 Å². The van der Waals surface area contributed by atoms with Gasteiger partial charge in [-0.2, -0.15) is 13.2 Å². The summed E-state index contributed by atoms with van der Waals surface area (Å²) in [5, 5.41) is 5.68. The van der Waals surface area contributed by atoms with Gasteiger partial charge < -0.3 is 15.4 Å². The van der Waals surface area contributed by atoms with E-state index >= 15 is 0 Å². The summed E-state index contributed by atoms with van der Waals surface area (Å²) in [6, 6.07) is 3.18. The third kappa shape index (κ3) is 5.38. The molecule has 1 aromatic carbocycles. The number of anilines is 1. The lowest BCUT2D eigenvalue weighted by atomic mass is 9.92. The average Bonchev–Trinajstić information content (AvgIpc) is 2.45. The van der Waals surface area contributed by atoms with E-state index in [4.69, 9.17) is 0 Å². The van der Waals surface area contributed by atoms with E-state index < -0.39 is 18.6 Å². The number of hydrogen-bond acceptors (Lipinski definition) is 3. The van der Waals surface area contributed by atoms with Gasteiger partial charge in [-0.1, -0.05) is 0 Å². The second-order valence-corrected chi connectivity index (χ2v) is 5.61. The van der Waals surface area contributed by atoms with Crippen LogP contribution in [0.4, 0.5) is 23.2 Å². The standard InChI is InChI=1S/C15H18F4N2O2/c1-9-6-10(4-5-20-9)14(22)21-12-7-11(16)2-3-13(12)23-8-15(17,18)19/h2-3,7,9-10,20H,4-6,8H2,1H3,(H,21,22)/t9-,10-/m0/s1. The molecule has 2 rings (SSSR count). The highest BCUT2D eigenvalue weighted by molar-refractivity contribution is 5.94. The molecule has 0 aromatic heterocycles. The summed E-state index contributed by atoms with van der Waals surface area (Å²) in [5.74, 6) is -1.50. The quantitative estimate of drug-likeness (QED) is 0.832. The second kappa shape index (κ2) is 7.16. The fourth-order valence-corrected chi connectivity index (χ4v) is 2.49. The lowest BCUT2D eigenvalue weighted by Gasteiger charge is -2.27. The highest BCUT2D eigenvalue weighted by Gasteiger charge is 2.29. The third-order valence-corrected chi connectivity index (χ3v) is 3.59. The lowest BCUT2D eigenvalue weighted by molar-refractivity contribution is -0.153. The Morgan fingerprint density at radius 3 is 2.83 bits per heavy atom. The number of amides is 1. The largest absolute Gasteiger partial charge is 0.482 e. The van der Waals surface area contributed by atoms with Gasteiger partial charge >= 0.3 is 6.18 Å². The molecule has 1 aromatic rings. The summed E-state index contributed by atoms with van der Waals surface area (Å²) < 4.78 is 54.8. The Balaban J connectivity index is 2.08. The summed E-state index contributed by atoms with van der Waals surface area (Å²) in [6.45, 7) is 1.12. The van der Waals surface area contributed by atoms with E-state index in [9.17, 15) is 22.4 Å². The van der Waals surface area contributed by atoms with Gasteiger partial charge in [0.2, 0.25) is 5.91 Å². The predicted octanol–water partition coefficient (Wildman–Crippen LogP) is 3.09. The molecule has 0 bridgehead atoms. The molecule has 1 fully saturated rings. The number of benzene rings is 1. The van der Waals surface area contributed by atoms with Crippen LogP contribution < -0.4 is 15.4 Å². The van der Waals surface area contributed by atoms with E-state index in [1.54, 1.807) is 0 Å². The normalized spacial score (nSPS) is 21.8. The highest BCUT2D eigenvalue weighted by atomic mass is 19.4. The molecule has 2 N–H and O–H groups in total. The van der Waals surface area contributed by atoms with Crippen LogP contribution in [0, 0.1) is 11.7 Å². The molecular weight excluding hydrogens is 316 g/mol. The molecule has 1 amide bonds. The van der Waals surface area contributed by atoms with Gasteiger partial charge in [-0.25, -0.2) is 4.39 Å². The number of piperidine rings is 1. The van der Waals surface area contributed by atoms with E-state index in [1.165, 1.54) is 0 Å². The number of halogens is 4. The van der Waals surface area contributed by atoms with Crippen molar-refractivity contribution in [2.45, 2.75) is 32.0 Å². The van der Waals surface area contributed by atoms with E-state index in [0.29, 0.717) is 19.4 Å². The Morgan fingerprint density at radius 1 is 1.43 bits per heavy atom. The Labute approximate surface area is 131 Å². The maximum Gasteiger partial charge on any atom is 0.422 e. The summed E-state index contributed by atoms with van der Waals surface area (Å²) in [7, 11) is 0. The van der Waals surface area contributed by atoms with Crippen LogP contribution in [-0.2, 0) is 4.79 Å². The van der Waals surface area contributed by atoms with E-state index in [-0.39, 0.29) is 29.3 Å². The zero-order valence-electron chi connectivity index (χ0n) is 12.5. The van der Waals surface area contributed by atoms with Gasteiger partial charge in [0.15, 0.2) is 6.61 Å². The number of rotatable bonds is 4. The number of ether oxygens (including phenoxy) is 1. The van der Waals surface area contributed by atoms with Crippen LogP contribution in [0.2, 0.25) is 0 Å². The number of nitrogens with one attached hydrogen (secondary N) is 2. The van der Waals surface area contributed by atoms with Crippen LogP contribution in [0.3, 0.4) is 0 Å². The Morgan fingerprint density at radius 2 is 2.17 bits per heavy atom. The third-order valence-electron chi connectivity index (χ3n) is 3.59. The Bertz CT molecular complexity index is 563. The minimum Gasteiger partial charge on any atom is -0.482 e. The first-order valence-electron chi connectivity index (χ1n) is 7.28. The van der Waals surface area contributed by atoms with Crippen LogP contribution >= 0.6 is 0 Å². The molecule has 0 saturated carbocycles. The molecule has 23 heavy (non-hydrogen) atoms. The fraction of sp³-hybridized carbons (Fsp3) is 0.533. The first kappa shape index (κ1) is 17.5. The number of carbonyl (C=O) groups is 1. The molecule has 128 valence electrons.